The van der Waals surface area contributed by atoms with Gasteiger partial charge in [-0.25, -0.2) is 14.4 Å². The molecule has 1 aliphatic heterocycles. The van der Waals surface area contributed by atoms with Gasteiger partial charge in [0, 0.05) is 37.4 Å². The summed E-state index contributed by atoms with van der Waals surface area (Å²) >= 11 is 0. The maximum absolute atomic E-state index is 13.1. The molecular formula is C21H21FN4O. The molecule has 0 spiro atoms. The van der Waals surface area contributed by atoms with E-state index in [0.717, 1.165) is 41.2 Å². The molecule has 27 heavy (non-hydrogen) atoms. The average Bonchev–Trinajstić information content (AvgIpc) is 2.69. The molecule has 1 saturated heterocycles. The van der Waals surface area contributed by atoms with Crippen molar-refractivity contribution in [1.29, 1.82) is 0 Å². The second-order valence-electron chi connectivity index (χ2n) is 6.85. The minimum Gasteiger partial charge on any atom is -0.368 e. The topological polar surface area (TPSA) is 49.3 Å². The van der Waals surface area contributed by atoms with Gasteiger partial charge in [-0.3, -0.25) is 4.79 Å². The van der Waals surface area contributed by atoms with Crippen LogP contribution in [0.4, 0.5) is 10.1 Å². The monoisotopic (exact) mass is 364 g/mol. The molecule has 138 valence electrons. The number of piperazine rings is 1. The SMILES string of the molecule is Cc1nc2ccc(C(=O)N3CCN(c4ccc(F)cc4)CC3)cc2nc1C. The molecule has 1 amide bonds. The summed E-state index contributed by atoms with van der Waals surface area (Å²) in [6.45, 7) is 6.57. The Balaban J connectivity index is 1.48. The van der Waals surface area contributed by atoms with Crippen LogP contribution in [0.25, 0.3) is 11.0 Å². The van der Waals surface area contributed by atoms with Crippen molar-refractivity contribution in [1.82, 2.24) is 14.9 Å². The molecule has 6 heteroatoms. The fourth-order valence-corrected chi connectivity index (χ4v) is 3.37. The fourth-order valence-electron chi connectivity index (χ4n) is 3.37. The second kappa shape index (κ2) is 6.95. The average molecular weight is 364 g/mol. The van der Waals surface area contributed by atoms with Crippen molar-refractivity contribution in [2.45, 2.75) is 13.8 Å². The van der Waals surface area contributed by atoms with Crippen LogP contribution in [-0.4, -0.2) is 47.0 Å². The van der Waals surface area contributed by atoms with Crippen LogP contribution < -0.4 is 4.90 Å². The van der Waals surface area contributed by atoms with Gasteiger partial charge in [0.05, 0.1) is 22.4 Å². The van der Waals surface area contributed by atoms with E-state index in [4.69, 9.17) is 0 Å². The summed E-state index contributed by atoms with van der Waals surface area (Å²) in [5, 5.41) is 0. The van der Waals surface area contributed by atoms with E-state index in [1.54, 1.807) is 12.1 Å². The lowest BCUT2D eigenvalue weighted by Crippen LogP contribution is -2.48. The summed E-state index contributed by atoms with van der Waals surface area (Å²) in [5.41, 5.74) is 4.94. The van der Waals surface area contributed by atoms with E-state index < -0.39 is 0 Å². The van der Waals surface area contributed by atoms with Crippen LogP contribution >= 0.6 is 0 Å². The number of aryl methyl sites for hydroxylation is 2. The molecule has 1 fully saturated rings. The molecule has 0 atom stereocenters. The number of aromatic nitrogens is 2. The quantitative estimate of drug-likeness (QED) is 0.700. The predicted octanol–water partition coefficient (Wildman–Crippen LogP) is 3.35. The lowest BCUT2D eigenvalue weighted by molar-refractivity contribution is 0.0747. The molecule has 2 aromatic carbocycles. The number of hydrogen-bond acceptors (Lipinski definition) is 4. The normalized spacial score (nSPS) is 14.6. The van der Waals surface area contributed by atoms with Crippen LogP contribution in [0.1, 0.15) is 21.7 Å². The maximum atomic E-state index is 13.1. The Morgan fingerprint density at radius 1 is 0.889 bits per heavy atom. The number of hydrogen-bond donors (Lipinski definition) is 0. The van der Waals surface area contributed by atoms with E-state index in [2.05, 4.69) is 14.9 Å². The van der Waals surface area contributed by atoms with Crippen LogP contribution in [-0.2, 0) is 0 Å². The molecule has 5 nitrogen and oxygen atoms in total. The third-order valence-electron chi connectivity index (χ3n) is 5.08. The van der Waals surface area contributed by atoms with Crippen molar-refractivity contribution >= 4 is 22.6 Å². The first-order valence-electron chi connectivity index (χ1n) is 9.06. The first-order chi connectivity index (χ1) is 13.0. The molecule has 0 unspecified atom stereocenters. The highest BCUT2D eigenvalue weighted by atomic mass is 19.1. The Morgan fingerprint density at radius 2 is 1.52 bits per heavy atom. The van der Waals surface area contributed by atoms with E-state index in [1.165, 1.54) is 12.1 Å². The number of carbonyl (C=O) groups is 1. The fraction of sp³-hybridized carbons (Fsp3) is 0.286. The van der Waals surface area contributed by atoms with Crippen LogP contribution in [0.3, 0.4) is 0 Å². The minimum atomic E-state index is -0.239. The summed E-state index contributed by atoms with van der Waals surface area (Å²) in [6, 6.07) is 12.0. The Bertz CT molecular complexity index is 995. The third kappa shape index (κ3) is 3.47. The van der Waals surface area contributed by atoms with Gasteiger partial charge in [0.25, 0.3) is 5.91 Å². The van der Waals surface area contributed by atoms with Gasteiger partial charge in [0.15, 0.2) is 0 Å². The number of benzene rings is 2. The third-order valence-corrected chi connectivity index (χ3v) is 5.08. The molecule has 0 bridgehead atoms. The van der Waals surface area contributed by atoms with Crippen LogP contribution in [0.15, 0.2) is 42.5 Å². The summed E-state index contributed by atoms with van der Waals surface area (Å²) < 4.78 is 13.1. The van der Waals surface area contributed by atoms with Crippen molar-refractivity contribution in [3.63, 3.8) is 0 Å². The second-order valence-corrected chi connectivity index (χ2v) is 6.85. The van der Waals surface area contributed by atoms with Crippen molar-refractivity contribution in [3.8, 4) is 0 Å². The summed E-state index contributed by atoms with van der Waals surface area (Å²) in [4.78, 5) is 26.0. The summed E-state index contributed by atoms with van der Waals surface area (Å²) in [7, 11) is 0. The van der Waals surface area contributed by atoms with Gasteiger partial charge in [-0.2, -0.15) is 0 Å². The van der Waals surface area contributed by atoms with Gasteiger partial charge in [-0.15, -0.1) is 0 Å². The predicted molar refractivity (Wildman–Crippen MR) is 104 cm³/mol. The zero-order valence-electron chi connectivity index (χ0n) is 15.4. The van der Waals surface area contributed by atoms with E-state index >= 15 is 0 Å². The Labute approximate surface area is 157 Å². The maximum Gasteiger partial charge on any atom is 0.254 e. The molecular weight excluding hydrogens is 343 g/mol. The smallest absolute Gasteiger partial charge is 0.254 e. The van der Waals surface area contributed by atoms with Gasteiger partial charge >= 0.3 is 0 Å². The van der Waals surface area contributed by atoms with Gasteiger partial charge < -0.3 is 9.80 Å². The van der Waals surface area contributed by atoms with Crippen molar-refractivity contribution < 1.29 is 9.18 Å². The highest BCUT2D eigenvalue weighted by Gasteiger charge is 2.22. The first-order valence-corrected chi connectivity index (χ1v) is 9.06. The molecule has 1 aromatic heterocycles. The van der Waals surface area contributed by atoms with E-state index in [-0.39, 0.29) is 11.7 Å². The van der Waals surface area contributed by atoms with E-state index in [0.29, 0.717) is 18.7 Å². The molecule has 0 radical (unpaired) electrons. The molecule has 2 heterocycles. The van der Waals surface area contributed by atoms with E-state index in [9.17, 15) is 9.18 Å². The number of rotatable bonds is 2. The molecule has 0 N–H and O–H groups in total. The van der Waals surface area contributed by atoms with Crippen LogP contribution in [0, 0.1) is 19.7 Å². The molecule has 4 rings (SSSR count). The summed E-state index contributed by atoms with van der Waals surface area (Å²) in [5.74, 6) is -0.229. The first kappa shape index (κ1) is 17.4. The Hall–Kier alpha value is -3.02. The lowest BCUT2D eigenvalue weighted by Gasteiger charge is -2.36. The highest BCUT2D eigenvalue weighted by Crippen LogP contribution is 2.19. The van der Waals surface area contributed by atoms with Gasteiger partial charge in [0.2, 0.25) is 0 Å². The molecule has 1 aliphatic rings. The van der Waals surface area contributed by atoms with Crippen molar-refractivity contribution in [2.24, 2.45) is 0 Å². The number of halogens is 1. The molecule has 0 saturated carbocycles. The summed E-state index contributed by atoms with van der Waals surface area (Å²) in [6.07, 6.45) is 0. The van der Waals surface area contributed by atoms with Gasteiger partial charge in [-0.1, -0.05) is 0 Å². The molecule has 0 aliphatic carbocycles. The number of fused-ring (bicyclic) bond motifs is 1. The Morgan fingerprint density at radius 3 is 2.19 bits per heavy atom. The highest BCUT2D eigenvalue weighted by molar-refractivity contribution is 5.97. The zero-order valence-corrected chi connectivity index (χ0v) is 15.4. The van der Waals surface area contributed by atoms with Crippen molar-refractivity contribution in [3.05, 3.63) is 65.2 Å². The zero-order chi connectivity index (χ0) is 19.0. The minimum absolute atomic E-state index is 0.00989. The number of anilines is 1. The van der Waals surface area contributed by atoms with Gasteiger partial charge in [-0.05, 0) is 56.3 Å². The van der Waals surface area contributed by atoms with E-state index in [1.807, 2.05) is 36.9 Å². The number of amides is 1. The lowest BCUT2D eigenvalue weighted by atomic mass is 10.1. The van der Waals surface area contributed by atoms with Crippen molar-refractivity contribution in [2.75, 3.05) is 31.1 Å². The number of carbonyl (C=O) groups excluding carboxylic acids is 1. The van der Waals surface area contributed by atoms with Crippen LogP contribution in [0.5, 0.6) is 0 Å². The van der Waals surface area contributed by atoms with Gasteiger partial charge in [0.1, 0.15) is 5.82 Å². The standard InChI is InChI=1S/C21H21FN4O/c1-14-15(2)24-20-13-16(3-8-19(20)23-14)21(27)26-11-9-25(10-12-26)18-6-4-17(22)5-7-18/h3-8,13H,9-12H2,1-2H3. The van der Waals surface area contributed by atoms with Crippen LogP contribution in [0.2, 0.25) is 0 Å². The molecule has 3 aromatic rings. The Kier molecular flexibility index (Phi) is 4.48. The largest absolute Gasteiger partial charge is 0.368 e. The number of nitrogens with zero attached hydrogens (tertiary/aromatic N) is 4.